The summed E-state index contributed by atoms with van der Waals surface area (Å²) in [5, 5.41) is 5.80. The predicted molar refractivity (Wildman–Crippen MR) is 75.6 cm³/mol. The maximum atomic E-state index is 12.5. The minimum atomic E-state index is -0.0894. The molecule has 0 aliphatic heterocycles. The number of carbonyl (C=O) groups excluding carboxylic acids is 1. The highest BCUT2D eigenvalue weighted by Crippen LogP contribution is 2.21. The second-order valence-corrected chi connectivity index (χ2v) is 4.76. The second kappa shape index (κ2) is 4.52. The molecular weight excluding hydrogens is 260 g/mol. The van der Waals surface area contributed by atoms with Gasteiger partial charge in [0.25, 0.3) is 0 Å². The molecule has 4 heteroatoms. The molecule has 0 amide bonds. The van der Waals surface area contributed by atoms with Gasteiger partial charge in [-0.2, -0.15) is 5.10 Å². The summed E-state index contributed by atoms with van der Waals surface area (Å²) in [7, 11) is 1.83. The van der Waals surface area contributed by atoms with Gasteiger partial charge in [0.05, 0.1) is 5.52 Å². The maximum Gasteiger partial charge on any atom is 0.213 e. The van der Waals surface area contributed by atoms with Crippen molar-refractivity contribution in [3.05, 3.63) is 64.8 Å². The molecule has 0 unspecified atom stereocenters. The van der Waals surface area contributed by atoms with E-state index in [1.165, 1.54) is 0 Å². The van der Waals surface area contributed by atoms with Crippen LogP contribution in [-0.4, -0.2) is 15.6 Å². The molecule has 2 aromatic carbocycles. The van der Waals surface area contributed by atoms with Crippen molar-refractivity contribution in [1.29, 1.82) is 0 Å². The van der Waals surface area contributed by atoms with Gasteiger partial charge in [-0.05, 0) is 30.3 Å². The summed E-state index contributed by atoms with van der Waals surface area (Å²) in [6.07, 6.45) is 0. The van der Waals surface area contributed by atoms with Crippen LogP contribution in [0.5, 0.6) is 0 Å². The summed E-state index contributed by atoms with van der Waals surface area (Å²) >= 11 is 5.83. The monoisotopic (exact) mass is 270 g/mol. The molecule has 1 heterocycles. The summed E-state index contributed by atoms with van der Waals surface area (Å²) in [5.74, 6) is -0.0894. The van der Waals surface area contributed by atoms with Crippen molar-refractivity contribution in [2.45, 2.75) is 0 Å². The summed E-state index contributed by atoms with van der Waals surface area (Å²) in [4.78, 5) is 12.5. The van der Waals surface area contributed by atoms with Crippen molar-refractivity contribution in [2.24, 2.45) is 7.05 Å². The third-order valence-corrected chi connectivity index (χ3v) is 3.33. The topological polar surface area (TPSA) is 34.9 Å². The van der Waals surface area contributed by atoms with Crippen LogP contribution in [0.3, 0.4) is 0 Å². The van der Waals surface area contributed by atoms with E-state index >= 15 is 0 Å². The first-order chi connectivity index (χ1) is 9.16. The lowest BCUT2D eigenvalue weighted by molar-refractivity contribution is 0.103. The Hall–Kier alpha value is -2.13. The Bertz CT molecular complexity index is 759. The van der Waals surface area contributed by atoms with Crippen molar-refractivity contribution in [1.82, 2.24) is 9.78 Å². The number of rotatable bonds is 2. The van der Waals surface area contributed by atoms with Crippen LogP contribution >= 0.6 is 11.6 Å². The largest absolute Gasteiger partial charge is 0.287 e. The number of aryl methyl sites for hydroxylation is 1. The molecule has 0 aliphatic rings. The first-order valence-corrected chi connectivity index (χ1v) is 6.26. The zero-order valence-electron chi connectivity index (χ0n) is 10.3. The summed E-state index contributed by atoms with van der Waals surface area (Å²) in [6.45, 7) is 0. The van der Waals surface area contributed by atoms with Gasteiger partial charge >= 0.3 is 0 Å². The van der Waals surface area contributed by atoms with Crippen LogP contribution in [0.4, 0.5) is 0 Å². The Morgan fingerprint density at radius 3 is 2.53 bits per heavy atom. The predicted octanol–water partition coefficient (Wildman–Crippen LogP) is 3.46. The Kier molecular flexibility index (Phi) is 2.84. The fraction of sp³-hybridized carbons (Fsp3) is 0.0667. The highest BCUT2D eigenvalue weighted by molar-refractivity contribution is 6.30. The number of fused-ring (bicyclic) bond motifs is 1. The lowest BCUT2D eigenvalue weighted by Gasteiger charge is -1.98. The molecule has 0 saturated carbocycles. The SMILES string of the molecule is Cn1nc(C(=O)c2ccc(Cl)cc2)c2ccccc21. The van der Waals surface area contributed by atoms with Crippen molar-refractivity contribution < 1.29 is 4.79 Å². The molecule has 0 bridgehead atoms. The van der Waals surface area contributed by atoms with Crippen molar-refractivity contribution in [3.63, 3.8) is 0 Å². The minimum absolute atomic E-state index is 0.0894. The minimum Gasteiger partial charge on any atom is -0.287 e. The highest BCUT2D eigenvalue weighted by atomic mass is 35.5. The van der Waals surface area contributed by atoms with Gasteiger partial charge in [0.2, 0.25) is 5.78 Å². The van der Waals surface area contributed by atoms with Crippen LogP contribution in [0.15, 0.2) is 48.5 Å². The van der Waals surface area contributed by atoms with Crippen LogP contribution in [0, 0.1) is 0 Å². The van der Waals surface area contributed by atoms with Gasteiger partial charge in [0.1, 0.15) is 5.69 Å². The summed E-state index contributed by atoms with van der Waals surface area (Å²) < 4.78 is 1.72. The van der Waals surface area contributed by atoms with Crippen LogP contribution in [-0.2, 0) is 7.05 Å². The van der Waals surface area contributed by atoms with Gasteiger partial charge < -0.3 is 0 Å². The fourth-order valence-corrected chi connectivity index (χ4v) is 2.25. The third-order valence-electron chi connectivity index (χ3n) is 3.08. The van der Waals surface area contributed by atoms with Crippen LogP contribution in [0.2, 0.25) is 5.02 Å². The molecule has 0 saturated heterocycles. The van der Waals surface area contributed by atoms with E-state index in [4.69, 9.17) is 11.6 Å². The molecule has 0 radical (unpaired) electrons. The lowest BCUT2D eigenvalue weighted by Crippen LogP contribution is -2.03. The maximum absolute atomic E-state index is 12.5. The molecule has 0 spiro atoms. The summed E-state index contributed by atoms with van der Waals surface area (Å²) in [5.41, 5.74) is 2.01. The van der Waals surface area contributed by atoms with Gasteiger partial charge in [0, 0.05) is 23.0 Å². The highest BCUT2D eigenvalue weighted by Gasteiger charge is 2.17. The molecule has 3 nitrogen and oxygen atoms in total. The van der Waals surface area contributed by atoms with Gasteiger partial charge in [-0.1, -0.05) is 29.8 Å². The van der Waals surface area contributed by atoms with E-state index in [9.17, 15) is 4.79 Å². The molecule has 1 aromatic heterocycles. The van der Waals surface area contributed by atoms with E-state index in [1.807, 2.05) is 31.3 Å². The normalized spacial score (nSPS) is 10.8. The number of ketones is 1. The fourth-order valence-electron chi connectivity index (χ4n) is 2.12. The molecule has 0 N–H and O–H groups in total. The van der Waals surface area contributed by atoms with E-state index in [1.54, 1.807) is 28.9 Å². The number of halogens is 1. The number of benzene rings is 2. The zero-order chi connectivity index (χ0) is 13.4. The first kappa shape index (κ1) is 11.9. The number of para-hydroxylation sites is 1. The van der Waals surface area contributed by atoms with Gasteiger partial charge in [-0.3, -0.25) is 9.48 Å². The standard InChI is InChI=1S/C15H11ClN2O/c1-18-13-5-3-2-4-12(13)14(17-18)15(19)10-6-8-11(16)9-7-10/h2-9H,1H3. The van der Waals surface area contributed by atoms with Crippen LogP contribution < -0.4 is 0 Å². The molecule has 19 heavy (non-hydrogen) atoms. The Morgan fingerprint density at radius 2 is 1.79 bits per heavy atom. The Morgan fingerprint density at radius 1 is 1.11 bits per heavy atom. The Labute approximate surface area is 115 Å². The number of aromatic nitrogens is 2. The molecule has 3 rings (SSSR count). The average molecular weight is 271 g/mol. The second-order valence-electron chi connectivity index (χ2n) is 4.33. The third kappa shape index (κ3) is 2.02. The van der Waals surface area contributed by atoms with E-state index in [-0.39, 0.29) is 5.78 Å². The Balaban J connectivity index is 2.14. The zero-order valence-corrected chi connectivity index (χ0v) is 11.1. The van der Waals surface area contributed by atoms with E-state index < -0.39 is 0 Å². The smallest absolute Gasteiger partial charge is 0.213 e. The number of nitrogens with zero attached hydrogens (tertiary/aromatic N) is 2. The van der Waals surface area contributed by atoms with Gasteiger partial charge in [0.15, 0.2) is 0 Å². The molecule has 94 valence electrons. The molecule has 0 aliphatic carbocycles. The number of hydrogen-bond donors (Lipinski definition) is 0. The van der Waals surface area contributed by atoms with Crippen molar-refractivity contribution in [2.75, 3.05) is 0 Å². The number of hydrogen-bond acceptors (Lipinski definition) is 2. The van der Waals surface area contributed by atoms with Crippen molar-refractivity contribution >= 4 is 28.3 Å². The van der Waals surface area contributed by atoms with Gasteiger partial charge in [-0.25, -0.2) is 0 Å². The first-order valence-electron chi connectivity index (χ1n) is 5.89. The van der Waals surface area contributed by atoms with E-state index in [2.05, 4.69) is 5.10 Å². The molecule has 3 aromatic rings. The quantitative estimate of drug-likeness (QED) is 0.669. The lowest BCUT2D eigenvalue weighted by atomic mass is 10.1. The summed E-state index contributed by atoms with van der Waals surface area (Å²) in [6, 6.07) is 14.5. The van der Waals surface area contributed by atoms with Crippen LogP contribution in [0.25, 0.3) is 10.9 Å². The number of carbonyl (C=O) groups is 1. The van der Waals surface area contributed by atoms with Crippen LogP contribution in [0.1, 0.15) is 16.1 Å². The molecule has 0 atom stereocenters. The van der Waals surface area contributed by atoms with Gasteiger partial charge in [-0.15, -0.1) is 0 Å². The average Bonchev–Trinajstić information content (AvgIpc) is 2.77. The van der Waals surface area contributed by atoms with Crippen molar-refractivity contribution in [3.8, 4) is 0 Å². The van der Waals surface area contributed by atoms with E-state index in [0.717, 1.165) is 10.9 Å². The molecule has 0 fully saturated rings. The molecular formula is C15H11ClN2O. The van der Waals surface area contributed by atoms with E-state index in [0.29, 0.717) is 16.3 Å².